The predicted octanol–water partition coefficient (Wildman–Crippen LogP) is 4.61. The van der Waals surface area contributed by atoms with E-state index >= 15 is 0 Å². The number of furan rings is 1. The number of alkyl carbamates (subject to hydrolysis) is 1. The third-order valence-electron chi connectivity index (χ3n) is 5.42. The largest absolute Gasteiger partial charge is 0.493 e. The van der Waals surface area contributed by atoms with Crippen molar-refractivity contribution in [3.63, 3.8) is 0 Å². The smallest absolute Gasteiger partial charge is 0.408 e. The van der Waals surface area contributed by atoms with Gasteiger partial charge in [0, 0.05) is 24.0 Å². The van der Waals surface area contributed by atoms with E-state index in [2.05, 4.69) is 5.32 Å². The van der Waals surface area contributed by atoms with Gasteiger partial charge in [0.25, 0.3) is 5.91 Å². The van der Waals surface area contributed by atoms with Crippen LogP contribution < -0.4 is 10.1 Å². The fraction of sp³-hybridized carbons (Fsp3) is 0.385. The number of fused-ring (bicyclic) bond motifs is 1. The van der Waals surface area contributed by atoms with Crippen LogP contribution >= 0.6 is 0 Å². The quantitative estimate of drug-likeness (QED) is 0.591. The minimum absolute atomic E-state index is 0.0137. The number of hydrogen-bond donors (Lipinski definition) is 1. The van der Waals surface area contributed by atoms with E-state index in [4.69, 9.17) is 18.6 Å². The molecular formula is C26H30N2O6. The summed E-state index contributed by atoms with van der Waals surface area (Å²) in [6.07, 6.45) is -0.507. The molecule has 0 spiro atoms. The highest BCUT2D eigenvalue weighted by Gasteiger charge is 2.19. The van der Waals surface area contributed by atoms with Crippen LogP contribution in [0.1, 0.15) is 36.9 Å². The van der Waals surface area contributed by atoms with Gasteiger partial charge in [0.1, 0.15) is 11.4 Å². The number of amides is 2. The number of morpholine rings is 1. The highest BCUT2D eigenvalue weighted by molar-refractivity contribution is 5.95. The van der Waals surface area contributed by atoms with Crippen LogP contribution in [0.25, 0.3) is 22.1 Å². The maximum atomic E-state index is 12.7. The Morgan fingerprint density at radius 3 is 2.38 bits per heavy atom. The van der Waals surface area contributed by atoms with Crippen molar-refractivity contribution in [3.05, 3.63) is 53.8 Å². The zero-order chi connectivity index (χ0) is 24.3. The fourth-order valence-corrected chi connectivity index (χ4v) is 3.81. The van der Waals surface area contributed by atoms with Crippen molar-refractivity contribution in [1.29, 1.82) is 0 Å². The number of ether oxygens (including phenoxy) is 3. The van der Waals surface area contributed by atoms with Crippen molar-refractivity contribution >= 4 is 23.0 Å². The summed E-state index contributed by atoms with van der Waals surface area (Å²) in [6.45, 7) is 8.00. The average molecular weight is 467 g/mol. The molecule has 180 valence electrons. The monoisotopic (exact) mass is 466 g/mol. The molecule has 34 heavy (non-hydrogen) atoms. The van der Waals surface area contributed by atoms with Crippen molar-refractivity contribution in [2.24, 2.45) is 0 Å². The summed E-state index contributed by atoms with van der Waals surface area (Å²) in [7, 11) is 1.59. The molecule has 1 saturated heterocycles. The van der Waals surface area contributed by atoms with E-state index in [0.29, 0.717) is 49.0 Å². The molecule has 3 aromatic rings. The van der Waals surface area contributed by atoms with Gasteiger partial charge >= 0.3 is 6.09 Å². The molecule has 8 heteroatoms. The number of benzene rings is 2. The van der Waals surface area contributed by atoms with Crippen LogP contribution in [0, 0.1) is 0 Å². The Kier molecular flexibility index (Phi) is 6.79. The number of nitrogens with zero attached hydrogens (tertiary/aromatic N) is 1. The molecule has 0 radical (unpaired) electrons. The lowest BCUT2D eigenvalue weighted by Gasteiger charge is -2.26. The van der Waals surface area contributed by atoms with Crippen LogP contribution in [0.4, 0.5) is 4.79 Å². The summed E-state index contributed by atoms with van der Waals surface area (Å²) < 4.78 is 22.1. The van der Waals surface area contributed by atoms with Crippen LogP contribution in [0.2, 0.25) is 0 Å². The summed E-state index contributed by atoms with van der Waals surface area (Å²) in [5.74, 6) is 1.19. The molecule has 1 aliphatic rings. The van der Waals surface area contributed by atoms with Crippen molar-refractivity contribution in [1.82, 2.24) is 10.2 Å². The molecule has 0 atom stereocenters. The van der Waals surface area contributed by atoms with E-state index in [1.165, 1.54) is 0 Å². The highest BCUT2D eigenvalue weighted by atomic mass is 16.6. The van der Waals surface area contributed by atoms with Crippen molar-refractivity contribution in [2.45, 2.75) is 32.9 Å². The molecule has 1 N–H and O–H groups in total. The standard InChI is InChI=1S/C26H30N2O6/c1-26(2,3)34-25(30)27-16-21-14-20-13-19(15-22(31-4)23(20)33-21)17-5-7-18(8-6-17)24(29)28-9-11-32-12-10-28/h5-8,13-15H,9-12,16H2,1-4H3,(H,27,30). The van der Waals surface area contributed by atoms with E-state index in [0.717, 1.165) is 16.5 Å². The molecule has 0 saturated carbocycles. The van der Waals surface area contributed by atoms with Gasteiger partial charge in [-0.3, -0.25) is 4.79 Å². The lowest BCUT2D eigenvalue weighted by molar-refractivity contribution is 0.0303. The molecule has 1 aliphatic heterocycles. The molecular weight excluding hydrogens is 436 g/mol. The first kappa shape index (κ1) is 23.6. The minimum Gasteiger partial charge on any atom is -0.493 e. The zero-order valence-electron chi connectivity index (χ0n) is 20.0. The lowest BCUT2D eigenvalue weighted by atomic mass is 10.0. The van der Waals surface area contributed by atoms with Crippen LogP contribution in [-0.2, 0) is 16.0 Å². The fourth-order valence-electron chi connectivity index (χ4n) is 3.81. The van der Waals surface area contributed by atoms with Crippen LogP contribution in [-0.4, -0.2) is 55.9 Å². The van der Waals surface area contributed by atoms with Crippen LogP contribution in [0.3, 0.4) is 0 Å². The minimum atomic E-state index is -0.571. The number of carbonyl (C=O) groups is 2. The first-order chi connectivity index (χ1) is 16.2. The molecule has 2 amide bonds. The number of methoxy groups -OCH3 is 1. The Morgan fingerprint density at radius 2 is 1.74 bits per heavy atom. The van der Waals surface area contributed by atoms with E-state index in [1.54, 1.807) is 7.11 Å². The van der Waals surface area contributed by atoms with Crippen LogP contribution in [0.15, 0.2) is 46.9 Å². The normalized spacial score (nSPS) is 14.2. The third-order valence-corrected chi connectivity index (χ3v) is 5.42. The summed E-state index contributed by atoms with van der Waals surface area (Å²) in [6, 6.07) is 13.3. The number of nitrogens with one attached hydrogen (secondary N) is 1. The Morgan fingerprint density at radius 1 is 1.03 bits per heavy atom. The van der Waals surface area contributed by atoms with E-state index < -0.39 is 11.7 Å². The summed E-state index contributed by atoms with van der Waals surface area (Å²) in [4.78, 5) is 26.5. The van der Waals surface area contributed by atoms with Gasteiger partial charge in [0.15, 0.2) is 11.3 Å². The third kappa shape index (κ3) is 5.51. The molecule has 1 aromatic heterocycles. The Bertz CT molecular complexity index is 1170. The van der Waals surface area contributed by atoms with Gasteiger partial charge in [-0.2, -0.15) is 0 Å². The van der Waals surface area contributed by atoms with Gasteiger partial charge in [0.2, 0.25) is 0 Å². The summed E-state index contributed by atoms with van der Waals surface area (Å²) >= 11 is 0. The number of hydrogen-bond acceptors (Lipinski definition) is 6. The van der Waals surface area contributed by atoms with Gasteiger partial charge in [0.05, 0.1) is 26.9 Å². The van der Waals surface area contributed by atoms with Gasteiger partial charge in [-0.25, -0.2) is 4.79 Å². The van der Waals surface area contributed by atoms with Crippen molar-refractivity contribution < 1.29 is 28.2 Å². The Labute approximate surface area is 198 Å². The van der Waals surface area contributed by atoms with E-state index in [9.17, 15) is 9.59 Å². The van der Waals surface area contributed by atoms with Crippen molar-refractivity contribution in [2.75, 3.05) is 33.4 Å². The second kappa shape index (κ2) is 9.77. The number of carbonyl (C=O) groups excluding carboxylic acids is 2. The topological polar surface area (TPSA) is 90.2 Å². The second-order valence-electron chi connectivity index (χ2n) is 9.15. The zero-order valence-corrected chi connectivity index (χ0v) is 20.0. The number of rotatable bonds is 5. The first-order valence-corrected chi connectivity index (χ1v) is 11.3. The first-order valence-electron chi connectivity index (χ1n) is 11.3. The van der Waals surface area contributed by atoms with Gasteiger partial charge in [-0.05, 0) is 62.2 Å². The van der Waals surface area contributed by atoms with E-state index in [1.807, 2.05) is 68.1 Å². The summed E-state index contributed by atoms with van der Waals surface area (Å²) in [5.41, 5.74) is 2.57. The van der Waals surface area contributed by atoms with Crippen molar-refractivity contribution in [3.8, 4) is 16.9 Å². The molecule has 2 heterocycles. The molecule has 0 aliphatic carbocycles. The Hall–Kier alpha value is -3.52. The summed E-state index contributed by atoms with van der Waals surface area (Å²) in [5, 5.41) is 3.56. The van der Waals surface area contributed by atoms with Crippen LogP contribution in [0.5, 0.6) is 5.75 Å². The predicted molar refractivity (Wildman–Crippen MR) is 128 cm³/mol. The molecule has 2 aromatic carbocycles. The molecule has 0 bridgehead atoms. The molecule has 0 unspecified atom stereocenters. The second-order valence-corrected chi connectivity index (χ2v) is 9.15. The lowest BCUT2D eigenvalue weighted by Crippen LogP contribution is -2.40. The van der Waals surface area contributed by atoms with E-state index in [-0.39, 0.29) is 12.5 Å². The Balaban J connectivity index is 1.52. The maximum absolute atomic E-state index is 12.7. The molecule has 8 nitrogen and oxygen atoms in total. The van der Waals surface area contributed by atoms with Gasteiger partial charge < -0.3 is 28.8 Å². The average Bonchev–Trinajstić information content (AvgIpc) is 3.24. The maximum Gasteiger partial charge on any atom is 0.408 e. The van der Waals surface area contributed by atoms with Gasteiger partial charge in [-0.1, -0.05) is 12.1 Å². The molecule has 1 fully saturated rings. The molecule has 4 rings (SSSR count). The van der Waals surface area contributed by atoms with Gasteiger partial charge in [-0.15, -0.1) is 0 Å². The highest BCUT2D eigenvalue weighted by Crippen LogP contribution is 2.34. The SMILES string of the molecule is COc1cc(-c2ccc(C(=O)N3CCOCC3)cc2)cc2cc(CNC(=O)OC(C)(C)C)oc12.